The number of methoxy groups -OCH3 is 1. The van der Waals surface area contributed by atoms with Crippen molar-refractivity contribution in [2.45, 2.75) is 39.3 Å². The van der Waals surface area contributed by atoms with E-state index >= 15 is 0 Å². The first kappa shape index (κ1) is 15.4. The van der Waals surface area contributed by atoms with Crippen LogP contribution in [0, 0.1) is 6.92 Å². The van der Waals surface area contributed by atoms with Crippen molar-refractivity contribution < 1.29 is 14.0 Å². The molecule has 5 nitrogen and oxygen atoms in total. The second-order valence-electron chi connectivity index (χ2n) is 5.08. The molecule has 0 saturated carbocycles. The Kier molecular flexibility index (Phi) is 5.22. The van der Waals surface area contributed by atoms with Gasteiger partial charge < -0.3 is 19.7 Å². The van der Waals surface area contributed by atoms with Gasteiger partial charge in [-0.2, -0.15) is 0 Å². The Morgan fingerprint density at radius 2 is 2.10 bits per heavy atom. The first-order chi connectivity index (χ1) is 10.1. The number of rotatable bonds is 7. The molecule has 0 spiro atoms. The van der Waals surface area contributed by atoms with E-state index < -0.39 is 0 Å². The number of hydrogen-bond donors (Lipinski definition) is 1. The highest BCUT2D eigenvalue weighted by atomic mass is 16.5. The maximum Gasteiger partial charge on any atom is 0.174 e. The summed E-state index contributed by atoms with van der Waals surface area (Å²) in [6.45, 7) is 4.28. The molecule has 0 saturated heterocycles. The van der Waals surface area contributed by atoms with Crippen molar-refractivity contribution in [2.75, 3.05) is 7.11 Å². The third kappa shape index (κ3) is 4.23. The Hall–Kier alpha value is -2.01. The molecule has 1 aromatic heterocycles. The van der Waals surface area contributed by atoms with Gasteiger partial charge >= 0.3 is 0 Å². The lowest BCUT2D eigenvalue weighted by Crippen LogP contribution is -2.21. The van der Waals surface area contributed by atoms with Crippen LogP contribution >= 0.6 is 0 Å². The zero-order valence-electron chi connectivity index (χ0n) is 12.8. The predicted octanol–water partition coefficient (Wildman–Crippen LogP) is 2.85. The minimum absolute atomic E-state index is 0.156. The van der Waals surface area contributed by atoms with E-state index in [1.807, 2.05) is 31.2 Å². The molecule has 0 amide bonds. The first-order valence-corrected chi connectivity index (χ1v) is 7.09. The van der Waals surface area contributed by atoms with E-state index in [9.17, 15) is 0 Å². The molecule has 2 rings (SSSR count). The number of aromatic nitrogens is 1. The molecule has 0 fully saturated rings. The fourth-order valence-electron chi connectivity index (χ4n) is 2.04. The number of hydrogen-bond acceptors (Lipinski definition) is 5. The molecule has 0 aliphatic carbocycles. The van der Waals surface area contributed by atoms with Crippen molar-refractivity contribution >= 4 is 0 Å². The van der Waals surface area contributed by atoms with Crippen LogP contribution in [0.3, 0.4) is 0 Å². The van der Waals surface area contributed by atoms with Gasteiger partial charge in [0.2, 0.25) is 0 Å². The fourth-order valence-corrected chi connectivity index (χ4v) is 2.04. The molecule has 1 aromatic carbocycles. The van der Waals surface area contributed by atoms with Crippen molar-refractivity contribution in [2.24, 2.45) is 5.73 Å². The zero-order chi connectivity index (χ0) is 15.2. The van der Waals surface area contributed by atoms with Gasteiger partial charge in [-0.1, -0.05) is 18.1 Å². The van der Waals surface area contributed by atoms with E-state index in [1.54, 1.807) is 7.11 Å². The van der Waals surface area contributed by atoms with Gasteiger partial charge in [0, 0.05) is 12.1 Å². The van der Waals surface area contributed by atoms with Crippen LogP contribution in [0.15, 0.2) is 28.8 Å². The van der Waals surface area contributed by atoms with Crippen LogP contribution in [0.25, 0.3) is 0 Å². The highest BCUT2D eigenvalue weighted by Crippen LogP contribution is 2.29. The van der Waals surface area contributed by atoms with Gasteiger partial charge in [-0.15, -0.1) is 0 Å². The summed E-state index contributed by atoms with van der Waals surface area (Å²) in [5.41, 5.74) is 7.97. The standard InChI is InChI=1S/C16H22N2O3/c1-4-13(17)8-12-5-6-15(19-3)16(9-12)20-10-14-7-11(2)18-21-14/h5-7,9,13H,4,8,10,17H2,1-3H3. The van der Waals surface area contributed by atoms with Crippen LogP contribution in [-0.2, 0) is 13.0 Å². The molecule has 0 aliphatic heterocycles. The zero-order valence-corrected chi connectivity index (χ0v) is 12.8. The third-order valence-corrected chi connectivity index (χ3v) is 3.30. The maximum atomic E-state index is 6.00. The monoisotopic (exact) mass is 290 g/mol. The second-order valence-corrected chi connectivity index (χ2v) is 5.08. The summed E-state index contributed by atoms with van der Waals surface area (Å²) in [7, 11) is 1.62. The van der Waals surface area contributed by atoms with E-state index in [1.165, 1.54) is 0 Å². The lowest BCUT2D eigenvalue weighted by molar-refractivity contribution is 0.238. The number of ether oxygens (including phenoxy) is 2. The van der Waals surface area contributed by atoms with Gasteiger partial charge in [-0.05, 0) is 37.5 Å². The molecule has 1 atom stereocenters. The first-order valence-electron chi connectivity index (χ1n) is 7.09. The van der Waals surface area contributed by atoms with Crippen molar-refractivity contribution in [3.63, 3.8) is 0 Å². The molecule has 5 heteroatoms. The molecule has 0 radical (unpaired) electrons. The highest BCUT2D eigenvalue weighted by Gasteiger charge is 2.10. The van der Waals surface area contributed by atoms with Crippen molar-refractivity contribution in [1.29, 1.82) is 0 Å². The predicted molar refractivity (Wildman–Crippen MR) is 80.5 cm³/mol. The molecule has 1 unspecified atom stereocenters. The lowest BCUT2D eigenvalue weighted by Gasteiger charge is -2.13. The van der Waals surface area contributed by atoms with E-state index in [0.717, 1.165) is 24.1 Å². The molecule has 0 aliphatic rings. The maximum absolute atomic E-state index is 6.00. The molecular weight excluding hydrogens is 268 g/mol. The van der Waals surface area contributed by atoms with Gasteiger partial charge in [0.1, 0.15) is 6.61 Å². The van der Waals surface area contributed by atoms with E-state index in [4.69, 9.17) is 19.7 Å². The molecule has 2 N–H and O–H groups in total. The average molecular weight is 290 g/mol. The topological polar surface area (TPSA) is 70.5 Å². The average Bonchev–Trinajstić information content (AvgIpc) is 2.90. The van der Waals surface area contributed by atoms with Crippen LogP contribution < -0.4 is 15.2 Å². The van der Waals surface area contributed by atoms with Crippen LogP contribution in [0.1, 0.15) is 30.4 Å². The Morgan fingerprint density at radius 1 is 1.29 bits per heavy atom. The summed E-state index contributed by atoms with van der Waals surface area (Å²) in [4.78, 5) is 0. The lowest BCUT2D eigenvalue weighted by atomic mass is 10.0. The molecule has 114 valence electrons. The van der Waals surface area contributed by atoms with Crippen LogP contribution in [0.2, 0.25) is 0 Å². The van der Waals surface area contributed by atoms with Crippen molar-refractivity contribution in [1.82, 2.24) is 5.16 Å². The number of benzene rings is 1. The van der Waals surface area contributed by atoms with Gasteiger partial charge in [-0.3, -0.25) is 0 Å². The van der Waals surface area contributed by atoms with Crippen LogP contribution in [0.4, 0.5) is 0 Å². The van der Waals surface area contributed by atoms with E-state index in [0.29, 0.717) is 23.9 Å². The summed E-state index contributed by atoms with van der Waals surface area (Å²) in [5.74, 6) is 2.07. The van der Waals surface area contributed by atoms with Gasteiger partial charge in [0.25, 0.3) is 0 Å². The Morgan fingerprint density at radius 3 is 2.71 bits per heavy atom. The van der Waals surface area contributed by atoms with Crippen LogP contribution in [0.5, 0.6) is 11.5 Å². The van der Waals surface area contributed by atoms with Crippen LogP contribution in [-0.4, -0.2) is 18.3 Å². The van der Waals surface area contributed by atoms with Gasteiger partial charge in [0.05, 0.1) is 12.8 Å². The molecule has 2 aromatic rings. The Labute approximate surface area is 125 Å². The summed E-state index contributed by atoms with van der Waals surface area (Å²) in [6, 6.07) is 7.89. The van der Waals surface area contributed by atoms with Crippen molar-refractivity contribution in [3.05, 3.63) is 41.3 Å². The molecular formula is C16H22N2O3. The smallest absolute Gasteiger partial charge is 0.174 e. The fraction of sp³-hybridized carbons (Fsp3) is 0.438. The number of nitrogens with two attached hydrogens (primary N) is 1. The number of nitrogens with zero attached hydrogens (tertiary/aromatic N) is 1. The second kappa shape index (κ2) is 7.13. The summed E-state index contributed by atoms with van der Waals surface area (Å²) in [5, 5.41) is 3.84. The SMILES string of the molecule is CCC(N)Cc1ccc(OC)c(OCc2cc(C)no2)c1. The highest BCUT2D eigenvalue weighted by molar-refractivity contribution is 5.43. The Balaban J connectivity index is 2.09. The minimum Gasteiger partial charge on any atom is -0.493 e. The summed E-state index contributed by atoms with van der Waals surface area (Å²) < 4.78 is 16.2. The van der Waals surface area contributed by atoms with E-state index in [-0.39, 0.29) is 6.04 Å². The normalized spacial score (nSPS) is 12.2. The quantitative estimate of drug-likeness (QED) is 0.849. The molecule has 21 heavy (non-hydrogen) atoms. The van der Waals surface area contributed by atoms with Gasteiger partial charge in [-0.25, -0.2) is 0 Å². The Bertz CT molecular complexity index is 581. The molecule has 1 heterocycles. The molecule has 0 bridgehead atoms. The van der Waals surface area contributed by atoms with Crippen molar-refractivity contribution in [3.8, 4) is 11.5 Å². The summed E-state index contributed by atoms with van der Waals surface area (Å²) >= 11 is 0. The minimum atomic E-state index is 0.156. The summed E-state index contributed by atoms with van der Waals surface area (Å²) in [6.07, 6.45) is 1.76. The number of aryl methyl sites for hydroxylation is 1. The van der Waals surface area contributed by atoms with Gasteiger partial charge in [0.15, 0.2) is 17.3 Å². The van der Waals surface area contributed by atoms with E-state index in [2.05, 4.69) is 12.1 Å². The largest absolute Gasteiger partial charge is 0.493 e. The third-order valence-electron chi connectivity index (χ3n) is 3.30.